The second kappa shape index (κ2) is 6.43. The third kappa shape index (κ3) is 4.34. The molecule has 0 saturated carbocycles. The molecular formula is C11H11FN2O5. The Kier molecular flexibility index (Phi) is 4.92. The number of methoxy groups -OCH3 is 1. The maximum atomic E-state index is 12.6. The number of rotatable bonds is 5. The number of hydrogen-bond acceptors (Lipinski definition) is 5. The van der Waals surface area contributed by atoms with Crippen LogP contribution < -0.4 is 5.32 Å². The van der Waals surface area contributed by atoms with Gasteiger partial charge in [-0.3, -0.25) is 9.59 Å². The maximum Gasteiger partial charge on any atom is 0.326 e. The third-order valence-corrected chi connectivity index (χ3v) is 2.19. The van der Waals surface area contributed by atoms with Gasteiger partial charge in [0.25, 0.3) is 5.91 Å². The molecule has 2 N–H and O–H groups in total. The van der Waals surface area contributed by atoms with Crippen LogP contribution in [0.2, 0.25) is 0 Å². The zero-order chi connectivity index (χ0) is 14.4. The number of amides is 1. The molecule has 102 valence electrons. The van der Waals surface area contributed by atoms with E-state index in [-0.39, 0.29) is 5.56 Å². The summed E-state index contributed by atoms with van der Waals surface area (Å²) < 4.78 is 16.9. The highest BCUT2D eigenvalue weighted by Gasteiger charge is 2.24. The van der Waals surface area contributed by atoms with Gasteiger partial charge >= 0.3 is 11.9 Å². The van der Waals surface area contributed by atoms with E-state index < -0.39 is 36.3 Å². The summed E-state index contributed by atoms with van der Waals surface area (Å²) in [5.41, 5.74) is -0.0162. The molecule has 1 rings (SSSR count). The van der Waals surface area contributed by atoms with Crippen molar-refractivity contribution in [1.82, 2.24) is 10.3 Å². The minimum Gasteiger partial charge on any atom is -0.480 e. The highest BCUT2D eigenvalue weighted by molar-refractivity contribution is 5.97. The number of hydrogen-bond donors (Lipinski definition) is 2. The van der Waals surface area contributed by atoms with E-state index in [1.807, 2.05) is 0 Å². The Morgan fingerprint density at radius 2 is 2.16 bits per heavy atom. The first-order chi connectivity index (χ1) is 8.93. The van der Waals surface area contributed by atoms with Crippen LogP contribution in [0.15, 0.2) is 18.3 Å². The summed E-state index contributed by atoms with van der Waals surface area (Å²) in [5, 5.41) is 11.0. The van der Waals surface area contributed by atoms with Crippen molar-refractivity contribution in [3.05, 3.63) is 29.8 Å². The van der Waals surface area contributed by atoms with Crippen molar-refractivity contribution in [2.75, 3.05) is 7.11 Å². The van der Waals surface area contributed by atoms with E-state index in [1.165, 1.54) is 0 Å². The number of halogens is 1. The largest absolute Gasteiger partial charge is 0.480 e. The van der Waals surface area contributed by atoms with Crippen molar-refractivity contribution >= 4 is 17.8 Å². The van der Waals surface area contributed by atoms with Crippen LogP contribution in [0.5, 0.6) is 0 Å². The highest BCUT2D eigenvalue weighted by Crippen LogP contribution is 2.02. The van der Waals surface area contributed by atoms with E-state index in [9.17, 15) is 18.8 Å². The molecule has 0 aliphatic rings. The fourth-order valence-corrected chi connectivity index (χ4v) is 1.20. The second-order valence-corrected chi connectivity index (χ2v) is 3.51. The molecule has 7 nitrogen and oxygen atoms in total. The van der Waals surface area contributed by atoms with Gasteiger partial charge < -0.3 is 15.2 Å². The van der Waals surface area contributed by atoms with Gasteiger partial charge in [0.2, 0.25) is 5.95 Å². The van der Waals surface area contributed by atoms with Crippen molar-refractivity contribution in [3.8, 4) is 0 Å². The number of aromatic nitrogens is 1. The number of nitrogens with zero attached hydrogens (tertiary/aromatic N) is 1. The van der Waals surface area contributed by atoms with E-state index in [1.54, 1.807) is 0 Å². The van der Waals surface area contributed by atoms with E-state index in [0.29, 0.717) is 0 Å². The molecule has 1 aromatic heterocycles. The van der Waals surface area contributed by atoms with Gasteiger partial charge in [0.1, 0.15) is 6.04 Å². The molecule has 0 fully saturated rings. The van der Waals surface area contributed by atoms with Crippen molar-refractivity contribution in [2.45, 2.75) is 12.5 Å². The van der Waals surface area contributed by atoms with Crippen LogP contribution in [-0.2, 0) is 14.3 Å². The van der Waals surface area contributed by atoms with Crippen LogP contribution in [0.4, 0.5) is 4.39 Å². The van der Waals surface area contributed by atoms with Gasteiger partial charge in [0.15, 0.2) is 0 Å². The van der Waals surface area contributed by atoms with E-state index in [2.05, 4.69) is 15.0 Å². The Morgan fingerprint density at radius 1 is 1.47 bits per heavy atom. The first-order valence-electron chi connectivity index (χ1n) is 5.16. The second-order valence-electron chi connectivity index (χ2n) is 3.51. The topological polar surface area (TPSA) is 106 Å². The number of esters is 1. The first-order valence-corrected chi connectivity index (χ1v) is 5.16. The monoisotopic (exact) mass is 270 g/mol. The fourth-order valence-electron chi connectivity index (χ4n) is 1.20. The lowest BCUT2D eigenvalue weighted by Crippen LogP contribution is -2.42. The molecular weight excluding hydrogens is 259 g/mol. The quantitative estimate of drug-likeness (QED) is 0.574. The SMILES string of the molecule is COC(=O)C[C@H](NC(=O)c1ccc(F)nc1)C(=O)O. The normalized spacial score (nSPS) is 11.5. The summed E-state index contributed by atoms with van der Waals surface area (Å²) in [5.74, 6) is -3.69. The lowest BCUT2D eigenvalue weighted by Gasteiger charge is -2.13. The average Bonchev–Trinajstić information content (AvgIpc) is 2.38. The van der Waals surface area contributed by atoms with Gasteiger partial charge in [0, 0.05) is 6.20 Å². The summed E-state index contributed by atoms with van der Waals surface area (Å²) in [4.78, 5) is 36.8. The molecule has 1 amide bonds. The standard InChI is InChI=1S/C11H11FN2O5/c1-19-9(15)4-7(11(17)18)14-10(16)6-2-3-8(12)13-5-6/h2-3,5,7H,4H2,1H3,(H,14,16)(H,17,18)/t7-/m0/s1. The summed E-state index contributed by atoms with van der Waals surface area (Å²) in [6.45, 7) is 0. The summed E-state index contributed by atoms with van der Waals surface area (Å²) in [6, 6.07) is 0.685. The Balaban J connectivity index is 2.73. The summed E-state index contributed by atoms with van der Waals surface area (Å²) in [6.07, 6.45) is 0.452. The van der Waals surface area contributed by atoms with E-state index >= 15 is 0 Å². The van der Waals surface area contributed by atoms with Crippen molar-refractivity contribution in [3.63, 3.8) is 0 Å². The van der Waals surface area contributed by atoms with Gasteiger partial charge in [-0.15, -0.1) is 0 Å². The van der Waals surface area contributed by atoms with Crippen LogP contribution in [0.1, 0.15) is 16.8 Å². The Bertz CT molecular complexity index is 488. The molecule has 19 heavy (non-hydrogen) atoms. The maximum absolute atomic E-state index is 12.6. The van der Waals surface area contributed by atoms with Crippen molar-refractivity contribution < 1.29 is 28.6 Å². The number of nitrogens with one attached hydrogen (secondary N) is 1. The minimum absolute atomic E-state index is 0.0162. The fraction of sp³-hybridized carbons (Fsp3) is 0.273. The lowest BCUT2D eigenvalue weighted by molar-refractivity contribution is -0.147. The molecule has 0 saturated heterocycles. The van der Waals surface area contributed by atoms with E-state index in [0.717, 1.165) is 25.4 Å². The number of ether oxygens (including phenoxy) is 1. The van der Waals surface area contributed by atoms with Crippen LogP contribution in [-0.4, -0.2) is 41.1 Å². The number of carbonyl (C=O) groups is 3. The lowest BCUT2D eigenvalue weighted by atomic mass is 10.2. The van der Waals surface area contributed by atoms with Gasteiger partial charge in [-0.2, -0.15) is 4.39 Å². The third-order valence-electron chi connectivity index (χ3n) is 2.19. The van der Waals surface area contributed by atoms with Crippen LogP contribution >= 0.6 is 0 Å². The van der Waals surface area contributed by atoms with Gasteiger partial charge in [0.05, 0.1) is 19.1 Å². The number of pyridine rings is 1. The molecule has 0 bridgehead atoms. The molecule has 0 spiro atoms. The zero-order valence-electron chi connectivity index (χ0n) is 9.92. The molecule has 0 aromatic carbocycles. The summed E-state index contributed by atoms with van der Waals surface area (Å²) in [7, 11) is 1.10. The van der Waals surface area contributed by atoms with Crippen LogP contribution in [0.3, 0.4) is 0 Å². The smallest absolute Gasteiger partial charge is 0.326 e. The molecule has 0 unspecified atom stereocenters. The van der Waals surface area contributed by atoms with Gasteiger partial charge in [-0.05, 0) is 12.1 Å². The molecule has 0 aliphatic heterocycles. The van der Waals surface area contributed by atoms with Crippen LogP contribution in [0.25, 0.3) is 0 Å². The van der Waals surface area contributed by atoms with Crippen molar-refractivity contribution in [2.24, 2.45) is 0 Å². The van der Waals surface area contributed by atoms with E-state index in [4.69, 9.17) is 5.11 Å². The average molecular weight is 270 g/mol. The molecule has 0 radical (unpaired) electrons. The highest BCUT2D eigenvalue weighted by atomic mass is 19.1. The number of carboxylic acids is 1. The van der Waals surface area contributed by atoms with Gasteiger partial charge in [-0.25, -0.2) is 9.78 Å². The molecule has 8 heteroatoms. The molecule has 1 atom stereocenters. The van der Waals surface area contributed by atoms with Gasteiger partial charge in [-0.1, -0.05) is 0 Å². The zero-order valence-corrected chi connectivity index (χ0v) is 9.92. The number of aliphatic carboxylic acids is 1. The molecule has 1 aromatic rings. The molecule has 1 heterocycles. The molecule has 0 aliphatic carbocycles. The first kappa shape index (κ1) is 14.6. The minimum atomic E-state index is -1.43. The Hall–Kier alpha value is -2.51. The predicted octanol–water partition coefficient (Wildman–Crippen LogP) is -0.0332. The number of carboxylic acid groups (broad SMARTS) is 1. The predicted molar refractivity (Wildman–Crippen MR) is 59.7 cm³/mol. The Morgan fingerprint density at radius 3 is 2.63 bits per heavy atom. The Labute approximate surface area is 107 Å². The van der Waals surface area contributed by atoms with Crippen LogP contribution in [0, 0.1) is 5.95 Å². The van der Waals surface area contributed by atoms with Crippen molar-refractivity contribution in [1.29, 1.82) is 0 Å². The summed E-state index contributed by atoms with van der Waals surface area (Å²) >= 11 is 0. The number of carbonyl (C=O) groups excluding carboxylic acids is 2.